The number of nitrogens with one attached hydrogen (secondary N) is 1. The molecule has 0 heterocycles. The molecule has 0 aliphatic carbocycles. The van der Waals surface area contributed by atoms with Gasteiger partial charge in [-0.15, -0.1) is 11.8 Å². The molecule has 24 heavy (non-hydrogen) atoms. The van der Waals surface area contributed by atoms with E-state index in [1.54, 1.807) is 36.9 Å². The molecule has 1 unspecified atom stereocenters. The highest BCUT2D eigenvalue weighted by atomic mass is 32.2. The van der Waals surface area contributed by atoms with E-state index >= 15 is 0 Å². The Bertz CT molecular complexity index is 721. The topological polar surface area (TPSA) is 73.1 Å². The van der Waals surface area contributed by atoms with Crippen LogP contribution in [0.3, 0.4) is 0 Å². The minimum absolute atomic E-state index is 0.126. The van der Waals surface area contributed by atoms with Crippen molar-refractivity contribution in [3.05, 3.63) is 65.2 Å². The Labute approximate surface area is 146 Å². The minimum atomic E-state index is -0.425. The van der Waals surface area contributed by atoms with E-state index in [0.717, 1.165) is 16.2 Å². The maximum atomic E-state index is 12.3. The number of nitriles is 1. The fourth-order valence-corrected chi connectivity index (χ4v) is 3.11. The average molecular weight is 340 g/mol. The number of carbonyl (C=O) groups excluding carboxylic acids is 1. The van der Waals surface area contributed by atoms with Crippen molar-refractivity contribution in [2.24, 2.45) is 0 Å². The van der Waals surface area contributed by atoms with Crippen LogP contribution in [-0.2, 0) is 5.75 Å². The number of rotatable bonds is 7. The van der Waals surface area contributed by atoms with E-state index in [4.69, 9.17) is 5.26 Å². The van der Waals surface area contributed by atoms with E-state index in [9.17, 15) is 9.90 Å². The van der Waals surface area contributed by atoms with Gasteiger partial charge >= 0.3 is 0 Å². The lowest BCUT2D eigenvalue weighted by Gasteiger charge is -2.11. The molecule has 0 saturated carbocycles. The summed E-state index contributed by atoms with van der Waals surface area (Å²) in [4.78, 5) is 13.2. The SMILES string of the molecule is CC(O)CCNC(=O)c1ccccc1SCc1ccc(C#N)cc1. The van der Waals surface area contributed by atoms with Gasteiger partial charge in [0.15, 0.2) is 0 Å². The predicted octanol–water partition coefficient (Wildman–Crippen LogP) is 3.35. The first kappa shape index (κ1) is 18.1. The van der Waals surface area contributed by atoms with Gasteiger partial charge in [-0.3, -0.25) is 4.79 Å². The van der Waals surface area contributed by atoms with E-state index in [1.807, 2.05) is 30.3 Å². The Morgan fingerprint density at radius 1 is 1.25 bits per heavy atom. The molecule has 2 aromatic carbocycles. The summed E-state index contributed by atoms with van der Waals surface area (Å²) in [5.41, 5.74) is 2.38. The molecular weight excluding hydrogens is 320 g/mol. The Morgan fingerprint density at radius 2 is 1.96 bits per heavy atom. The first-order valence-corrected chi connectivity index (χ1v) is 8.76. The summed E-state index contributed by atoms with van der Waals surface area (Å²) in [7, 11) is 0. The molecule has 0 aliphatic rings. The van der Waals surface area contributed by atoms with E-state index < -0.39 is 6.10 Å². The summed E-state index contributed by atoms with van der Waals surface area (Å²) in [6.07, 6.45) is 0.109. The summed E-state index contributed by atoms with van der Waals surface area (Å²) < 4.78 is 0. The number of nitrogens with zero attached hydrogens (tertiary/aromatic N) is 1. The van der Waals surface area contributed by atoms with Gasteiger partial charge in [0.2, 0.25) is 0 Å². The monoisotopic (exact) mass is 340 g/mol. The molecule has 2 N–H and O–H groups in total. The summed E-state index contributed by atoms with van der Waals surface area (Å²) in [6.45, 7) is 2.15. The highest BCUT2D eigenvalue weighted by molar-refractivity contribution is 7.98. The molecule has 2 aromatic rings. The zero-order valence-corrected chi connectivity index (χ0v) is 14.3. The molecule has 1 amide bonds. The summed E-state index contributed by atoms with van der Waals surface area (Å²) >= 11 is 1.59. The van der Waals surface area contributed by atoms with Crippen LogP contribution in [0.4, 0.5) is 0 Å². The van der Waals surface area contributed by atoms with Gasteiger partial charge in [-0.25, -0.2) is 0 Å². The van der Waals surface area contributed by atoms with Crippen LogP contribution >= 0.6 is 11.8 Å². The van der Waals surface area contributed by atoms with Crippen molar-refractivity contribution < 1.29 is 9.90 Å². The van der Waals surface area contributed by atoms with Crippen LogP contribution in [0.2, 0.25) is 0 Å². The van der Waals surface area contributed by atoms with Crippen molar-refractivity contribution in [2.75, 3.05) is 6.54 Å². The summed E-state index contributed by atoms with van der Waals surface area (Å²) in [6, 6.07) is 17.0. The Hall–Kier alpha value is -2.29. The molecule has 0 fully saturated rings. The van der Waals surface area contributed by atoms with Gasteiger partial charge in [-0.2, -0.15) is 5.26 Å². The Kier molecular flexibility index (Phi) is 6.86. The van der Waals surface area contributed by atoms with Gasteiger partial charge in [-0.05, 0) is 43.2 Å². The van der Waals surface area contributed by atoms with Crippen LogP contribution < -0.4 is 5.32 Å². The second-order valence-corrected chi connectivity index (χ2v) is 6.50. The molecule has 124 valence electrons. The standard InChI is InChI=1S/C19H20N2O2S/c1-14(22)10-11-21-19(23)17-4-2-3-5-18(17)24-13-16-8-6-15(12-20)7-9-16/h2-9,14,22H,10-11,13H2,1H3,(H,21,23). The number of thioether (sulfide) groups is 1. The zero-order chi connectivity index (χ0) is 17.4. The van der Waals surface area contributed by atoms with Crippen LogP contribution in [0.15, 0.2) is 53.4 Å². The second kappa shape index (κ2) is 9.11. The first-order valence-electron chi connectivity index (χ1n) is 7.77. The predicted molar refractivity (Wildman–Crippen MR) is 95.8 cm³/mol. The van der Waals surface area contributed by atoms with Gasteiger partial charge in [0.05, 0.1) is 23.3 Å². The van der Waals surface area contributed by atoms with Crippen molar-refractivity contribution >= 4 is 17.7 Å². The number of hydrogen-bond acceptors (Lipinski definition) is 4. The molecule has 0 saturated heterocycles. The fourth-order valence-electron chi connectivity index (χ4n) is 2.11. The third-order valence-electron chi connectivity index (χ3n) is 3.46. The lowest BCUT2D eigenvalue weighted by molar-refractivity contribution is 0.0942. The lowest BCUT2D eigenvalue weighted by Crippen LogP contribution is -2.26. The van der Waals surface area contributed by atoms with E-state index in [0.29, 0.717) is 24.1 Å². The minimum Gasteiger partial charge on any atom is -0.393 e. The number of hydrogen-bond donors (Lipinski definition) is 2. The van der Waals surface area contributed by atoms with E-state index in [2.05, 4.69) is 11.4 Å². The third kappa shape index (κ3) is 5.41. The Morgan fingerprint density at radius 3 is 2.62 bits per heavy atom. The van der Waals surface area contributed by atoms with E-state index in [-0.39, 0.29) is 5.91 Å². The van der Waals surface area contributed by atoms with Crippen molar-refractivity contribution in [2.45, 2.75) is 30.1 Å². The molecule has 0 spiro atoms. The van der Waals surface area contributed by atoms with Crippen LogP contribution in [-0.4, -0.2) is 23.7 Å². The highest BCUT2D eigenvalue weighted by Gasteiger charge is 2.11. The van der Waals surface area contributed by atoms with Gasteiger partial charge in [0.25, 0.3) is 5.91 Å². The van der Waals surface area contributed by atoms with Crippen LogP contribution in [0.1, 0.15) is 34.8 Å². The van der Waals surface area contributed by atoms with Crippen LogP contribution in [0.25, 0.3) is 0 Å². The molecule has 0 radical (unpaired) electrons. The van der Waals surface area contributed by atoms with Gasteiger partial charge in [0.1, 0.15) is 0 Å². The smallest absolute Gasteiger partial charge is 0.252 e. The zero-order valence-electron chi connectivity index (χ0n) is 13.5. The molecule has 0 aliphatic heterocycles. The fraction of sp³-hybridized carbons (Fsp3) is 0.263. The maximum absolute atomic E-state index is 12.3. The molecule has 0 aromatic heterocycles. The lowest BCUT2D eigenvalue weighted by atomic mass is 10.2. The van der Waals surface area contributed by atoms with Crippen molar-refractivity contribution in [1.82, 2.24) is 5.32 Å². The summed E-state index contributed by atoms with van der Waals surface area (Å²) in [5.74, 6) is 0.600. The van der Waals surface area contributed by atoms with Crippen LogP contribution in [0, 0.1) is 11.3 Å². The van der Waals surface area contributed by atoms with Crippen molar-refractivity contribution in [3.8, 4) is 6.07 Å². The number of benzene rings is 2. The number of carbonyl (C=O) groups is 1. The first-order chi connectivity index (χ1) is 11.6. The molecule has 4 nitrogen and oxygen atoms in total. The Balaban J connectivity index is 2.00. The average Bonchev–Trinajstić information content (AvgIpc) is 2.60. The quantitative estimate of drug-likeness (QED) is 0.758. The van der Waals surface area contributed by atoms with Crippen molar-refractivity contribution in [1.29, 1.82) is 5.26 Å². The number of aliphatic hydroxyl groups is 1. The molecular formula is C19H20N2O2S. The molecule has 1 atom stereocenters. The maximum Gasteiger partial charge on any atom is 0.252 e. The highest BCUT2D eigenvalue weighted by Crippen LogP contribution is 2.26. The molecule has 2 rings (SSSR count). The number of amides is 1. The normalized spacial score (nSPS) is 11.5. The van der Waals surface area contributed by atoms with E-state index in [1.165, 1.54) is 0 Å². The summed E-state index contributed by atoms with van der Waals surface area (Å²) in [5, 5.41) is 20.9. The van der Waals surface area contributed by atoms with Crippen molar-refractivity contribution in [3.63, 3.8) is 0 Å². The third-order valence-corrected chi connectivity index (χ3v) is 4.60. The van der Waals surface area contributed by atoms with Crippen LogP contribution in [0.5, 0.6) is 0 Å². The molecule has 0 bridgehead atoms. The number of aliphatic hydroxyl groups excluding tert-OH is 1. The van der Waals surface area contributed by atoms with Gasteiger partial charge < -0.3 is 10.4 Å². The largest absolute Gasteiger partial charge is 0.393 e. The van der Waals surface area contributed by atoms with Gasteiger partial charge in [-0.1, -0.05) is 24.3 Å². The second-order valence-electron chi connectivity index (χ2n) is 5.49. The molecule has 5 heteroatoms. The van der Waals surface area contributed by atoms with Gasteiger partial charge in [0, 0.05) is 17.2 Å².